The molecular weight excluding hydrogens is 1290 g/mol. The van der Waals surface area contributed by atoms with Crippen molar-refractivity contribution in [3.63, 3.8) is 0 Å². The Morgan fingerprint density at radius 2 is 0.515 bits per heavy atom. The van der Waals surface area contributed by atoms with Crippen molar-refractivity contribution in [2.75, 3.05) is 39.6 Å². The van der Waals surface area contributed by atoms with Gasteiger partial charge in [-0.25, -0.2) is 9.13 Å². The maximum absolute atomic E-state index is 13.1. The molecule has 0 aromatic carbocycles. The third kappa shape index (κ3) is 71.5. The average Bonchev–Trinajstić information content (AvgIpc) is 0.948. The van der Waals surface area contributed by atoms with Gasteiger partial charge in [-0.05, 0) is 43.4 Å². The van der Waals surface area contributed by atoms with Gasteiger partial charge < -0.3 is 33.8 Å². The van der Waals surface area contributed by atoms with Crippen LogP contribution in [-0.2, 0) is 65.4 Å². The molecule has 0 rings (SSSR count). The van der Waals surface area contributed by atoms with E-state index in [0.717, 1.165) is 108 Å². The first-order chi connectivity index (χ1) is 47.8. The van der Waals surface area contributed by atoms with Crippen molar-refractivity contribution in [1.29, 1.82) is 0 Å². The number of phosphoric ester groups is 2. The molecule has 0 radical (unpaired) electrons. The van der Waals surface area contributed by atoms with Crippen molar-refractivity contribution in [3.8, 4) is 0 Å². The second-order valence-electron chi connectivity index (χ2n) is 29.8. The first-order valence-electron chi connectivity index (χ1n) is 41.4. The van der Waals surface area contributed by atoms with Gasteiger partial charge in [0, 0.05) is 25.7 Å². The van der Waals surface area contributed by atoms with Crippen LogP contribution in [0.4, 0.5) is 0 Å². The van der Waals surface area contributed by atoms with Crippen LogP contribution in [0.1, 0.15) is 414 Å². The third-order valence-electron chi connectivity index (χ3n) is 19.4. The number of rotatable bonds is 78. The number of phosphoric acid groups is 2. The molecule has 17 nitrogen and oxygen atoms in total. The highest BCUT2D eigenvalue weighted by atomic mass is 31.2. The fourth-order valence-electron chi connectivity index (χ4n) is 12.2. The number of carbonyl (C=O) groups is 4. The van der Waals surface area contributed by atoms with Crippen molar-refractivity contribution in [1.82, 2.24) is 0 Å². The van der Waals surface area contributed by atoms with E-state index in [9.17, 15) is 43.2 Å². The second-order valence-corrected chi connectivity index (χ2v) is 32.7. The first-order valence-corrected chi connectivity index (χ1v) is 44.4. The Bertz CT molecular complexity index is 1930. The minimum absolute atomic E-state index is 0.105. The number of esters is 4. The minimum atomic E-state index is -4.96. The highest BCUT2D eigenvalue weighted by Crippen LogP contribution is 2.45. The smallest absolute Gasteiger partial charge is 0.462 e. The Morgan fingerprint density at radius 1 is 0.293 bits per heavy atom. The standard InChI is InChI=1S/C80H156O17P2/c1-8-11-12-13-14-15-16-27-32-40-47-54-61-77(82)91-68-76(97-80(85)64-57-50-43-36-35-39-46-53-60-73(7)10-3)70-95-99(88,89)93-66-74(81)65-92-98(86,87)94-69-75(67-90-78(83)62-55-48-41-33-28-23-19-17-21-25-30-37-44-51-58-71(4)5)96-79(84)63-56-49-42-34-29-24-20-18-22-26-31-38-45-52-59-72(6)9-2/h71-76,81H,8-70H2,1-7H3,(H,86,87)(H,88,89)/t72?,73?,74-,75-,76-/m1/s1. The van der Waals surface area contributed by atoms with E-state index in [1.165, 1.54) is 225 Å². The third-order valence-corrected chi connectivity index (χ3v) is 21.3. The van der Waals surface area contributed by atoms with Gasteiger partial charge in [-0.3, -0.25) is 37.3 Å². The van der Waals surface area contributed by atoms with E-state index in [4.69, 9.17) is 37.0 Å². The zero-order valence-electron chi connectivity index (χ0n) is 65.0. The summed E-state index contributed by atoms with van der Waals surface area (Å²) in [6.45, 7) is 12.0. The highest BCUT2D eigenvalue weighted by Gasteiger charge is 2.30. The Hall–Kier alpha value is -1.94. The molecule has 4 unspecified atom stereocenters. The van der Waals surface area contributed by atoms with Crippen LogP contribution in [-0.4, -0.2) is 96.7 Å². The van der Waals surface area contributed by atoms with E-state index in [1.54, 1.807) is 0 Å². The number of aliphatic hydroxyl groups is 1. The van der Waals surface area contributed by atoms with E-state index in [2.05, 4.69) is 48.5 Å². The zero-order valence-corrected chi connectivity index (χ0v) is 66.8. The Labute approximate surface area is 607 Å². The van der Waals surface area contributed by atoms with E-state index in [0.29, 0.717) is 25.7 Å². The van der Waals surface area contributed by atoms with Gasteiger partial charge in [-0.2, -0.15) is 0 Å². The topological polar surface area (TPSA) is 237 Å². The van der Waals surface area contributed by atoms with Gasteiger partial charge in [-0.15, -0.1) is 0 Å². The SMILES string of the molecule is CCCCCCCCCCCCCCC(=O)OC[C@H](COP(=O)(O)OC[C@H](O)COP(=O)(O)OC[C@@H](COC(=O)CCCCCCCCCCCCCCCCC(C)C)OC(=O)CCCCCCCCCCCCCCCCC(C)CC)OC(=O)CCCCCCCCCCC(C)CC. The molecule has 588 valence electrons. The van der Waals surface area contributed by atoms with Crippen LogP contribution in [0.25, 0.3) is 0 Å². The second kappa shape index (κ2) is 70.4. The van der Waals surface area contributed by atoms with E-state index < -0.39 is 97.5 Å². The lowest BCUT2D eigenvalue weighted by Gasteiger charge is -2.21. The summed E-state index contributed by atoms with van der Waals surface area (Å²) < 4.78 is 68.7. The molecule has 0 aromatic rings. The number of carbonyl (C=O) groups excluding carboxylic acids is 4. The molecule has 7 atom stereocenters. The Morgan fingerprint density at radius 3 is 0.768 bits per heavy atom. The normalized spacial score (nSPS) is 14.5. The Kier molecular flexibility index (Phi) is 69.0. The maximum atomic E-state index is 13.1. The van der Waals surface area contributed by atoms with E-state index in [1.807, 2.05) is 0 Å². The van der Waals surface area contributed by atoms with Crippen LogP contribution >= 0.6 is 15.6 Å². The number of hydrogen-bond acceptors (Lipinski definition) is 15. The molecule has 0 bridgehead atoms. The predicted octanol–water partition coefficient (Wildman–Crippen LogP) is 23.7. The molecule has 19 heteroatoms. The Balaban J connectivity index is 5.26. The molecule has 0 aliphatic rings. The average molecular weight is 1450 g/mol. The molecule has 0 saturated heterocycles. The molecule has 0 spiro atoms. The summed E-state index contributed by atoms with van der Waals surface area (Å²) in [6.07, 6.45) is 58.0. The maximum Gasteiger partial charge on any atom is 0.472 e. The summed E-state index contributed by atoms with van der Waals surface area (Å²) in [4.78, 5) is 73.0. The number of ether oxygens (including phenoxy) is 4. The van der Waals surface area contributed by atoms with E-state index in [-0.39, 0.29) is 25.7 Å². The van der Waals surface area contributed by atoms with Gasteiger partial charge in [0.15, 0.2) is 12.2 Å². The van der Waals surface area contributed by atoms with Crippen LogP contribution in [0.15, 0.2) is 0 Å². The summed E-state index contributed by atoms with van der Waals surface area (Å²) in [5, 5.41) is 10.6. The summed E-state index contributed by atoms with van der Waals surface area (Å²) in [5.41, 5.74) is 0. The van der Waals surface area contributed by atoms with Crippen LogP contribution < -0.4 is 0 Å². The van der Waals surface area contributed by atoms with Crippen molar-refractivity contribution < 1.29 is 80.2 Å². The molecule has 0 aromatic heterocycles. The van der Waals surface area contributed by atoms with Gasteiger partial charge in [0.1, 0.15) is 19.3 Å². The lowest BCUT2D eigenvalue weighted by molar-refractivity contribution is -0.161. The monoisotopic (exact) mass is 1450 g/mol. The van der Waals surface area contributed by atoms with Gasteiger partial charge in [0.25, 0.3) is 0 Å². The lowest BCUT2D eigenvalue weighted by Crippen LogP contribution is -2.30. The summed E-state index contributed by atoms with van der Waals surface area (Å²) >= 11 is 0. The van der Waals surface area contributed by atoms with Crippen molar-refractivity contribution in [2.45, 2.75) is 433 Å². The minimum Gasteiger partial charge on any atom is -0.462 e. The number of hydrogen-bond donors (Lipinski definition) is 3. The molecular formula is C80H156O17P2. The molecule has 0 heterocycles. The summed E-state index contributed by atoms with van der Waals surface area (Å²) in [6, 6.07) is 0. The van der Waals surface area contributed by atoms with Crippen LogP contribution in [0, 0.1) is 17.8 Å². The van der Waals surface area contributed by atoms with E-state index >= 15 is 0 Å². The van der Waals surface area contributed by atoms with Gasteiger partial charge in [0.05, 0.1) is 26.4 Å². The quantitative estimate of drug-likeness (QED) is 0.0222. The fourth-order valence-corrected chi connectivity index (χ4v) is 13.8. The molecule has 0 aliphatic heterocycles. The molecule has 0 aliphatic carbocycles. The van der Waals surface area contributed by atoms with Gasteiger partial charge in [0.2, 0.25) is 0 Å². The fraction of sp³-hybridized carbons (Fsp3) is 0.950. The van der Waals surface area contributed by atoms with Crippen molar-refractivity contribution >= 4 is 39.5 Å². The number of unbranched alkanes of at least 4 members (excludes halogenated alkanes) is 44. The molecule has 0 amide bonds. The largest absolute Gasteiger partial charge is 0.472 e. The molecule has 99 heavy (non-hydrogen) atoms. The van der Waals surface area contributed by atoms with Crippen LogP contribution in [0.5, 0.6) is 0 Å². The number of aliphatic hydroxyl groups excluding tert-OH is 1. The lowest BCUT2D eigenvalue weighted by atomic mass is 9.99. The molecule has 0 saturated carbocycles. The van der Waals surface area contributed by atoms with Crippen molar-refractivity contribution in [3.05, 3.63) is 0 Å². The first kappa shape index (κ1) is 97.1. The van der Waals surface area contributed by atoms with Gasteiger partial charge in [-0.1, -0.05) is 363 Å². The molecule has 0 fully saturated rings. The summed E-state index contributed by atoms with van der Waals surface area (Å²) in [5.74, 6) is 0.303. The predicted molar refractivity (Wildman–Crippen MR) is 405 cm³/mol. The zero-order chi connectivity index (χ0) is 73.0. The highest BCUT2D eigenvalue weighted by molar-refractivity contribution is 7.47. The summed E-state index contributed by atoms with van der Waals surface area (Å²) in [7, 11) is -9.92. The van der Waals surface area contributed by atoms with Crippen LogP contribution in [0.2, 0.25) is 0 Å². The molecule has 3 N–H and O–H groups in total. The van der Waals surface area contributed by atoms with Crippen molar-refractivity contribution in [2.24, 2.45) is 17.8 Å². The van der Waals surface area contributed by atoms with Crippen LogP contribution in [0.3, 0.4) is 0 Å². The van der Waals surface area contributed by atoms with Gasteiger partial charge >= 0.3 is 39.5 Å².